The van der Waals surface area contributed by atoms with Crippen LogP contribution in [-0.4, -0.2) is 21.8 Å². The molecule has 1 aromatic carbocycles. The maximum absolute atomic E-state index is 11.8. The van der Waals surface area contributed by atoms with Crippen LogP contribution in [0.15, 0.2) is 33.1 Å². The fourth-order valence-electron chi connectivity index (χ4n) is 1.67. The van der Waals surface area contributed by atoms with Crippen LogP contribution in [0, 0.1) is 6.92 Å². The highest BCUT2D eigenvalue weighted by Gasteiger charge is 2.10. The Morgan fingerprint density at radius 3 is 3.10 bits per heavy atom. The van der Waals surface area contributed by atoms with Crippen LogP contribution in [-0.2, 0) is 4.79 Å². The van der Waals surface area contributed by atoms with Crippen LogP contribution in [0.3, 0.4) is 0 Å². The Kier molecular flexibility index (Phi) is 4.14. The number of thiazole rings is 1. The number of fused-ring (bicyclic) bond motifs is 1. The molecule has 0 atom stereocenters. The number of rotatable bonds is 4. The summed E-state index contributed by atoms with van der Waals surface area (Å²) in [4.78, 5) is 16.2. The zero-order valence-electron chi connectivity index (χ0n) is 10.9. The first-order chi connectivity index (χ1) is 10.1. The van der Waals surface area contributed by atoms with E-state index in [9.17, 15) is 4.79 Å². The Morgan fingerprint density at radius 1 is 1.48 bits per heavy atom. The van der Waals surface area contributed by atoms with Crippen molar-refractivity contribution in [1.29, 1.82) is 0 Å². The van der Waals surface area contributed by atoms with Crippen LogP contribution >= 0.6 is 34.7 Å². The van der Waals surface area contributed by atoms with E-state index in [2.05, 4.69) is 15.5 Å². The molecule has 0 spiro atoms. The third kappa shape index (κ3) is 3.55. The number of nitrogens with zero attached hydrogens (tertiary/aromatic N) is 2. The summed E-state index contributed by atoms with van der Waals surface area (Å²) in [7, 11) is 0. The molecule has 0 saturated carbocycles. The number of aromatic nitrogens is 2. The van der Waals surface area contributed by atoms with Gasteiger partial charge in [0.25, 0.3) is 0 Å². The number of halogens is 1. The third-order valence-corrected chi connectivity index (χ3v) is 4.97. The second kappa shape index (κ2) is 6.05. The highest BCUT2D eigenvalue weighted by Crippen LogP contribution is 2.30. The molecule has 3 rings (SSSR count). The zero-order valence-corrected chi connectivity index (χ0v) is 13.3. The quantitative estimate of drug-likeness (QED) is 0.728. The van der Waals surface area contributed by atoms with Gasteiger partial charge in [-0.1, -0.05) is 28.5 Å². The van der Waals surface area contributed by atoms with Crippen molar-refractivity contribution < 1.29 is 9.32 Å². The monoisotopic (exact) mass is 339 g/mol. The van der Waals surface area contributed by atoms with Crippen molar-refractivity contribution >= 4 is 56.6 Å². The van der Waals surface area contributed by atoms with E-state index in [0.29, 0.717) is 16.6 Å². The lowest BCUT2D eigenvalue weighted by molar-refractivity contribution is -0.113. The van der Waals surface area contributed by atoms with Crippen molar-refractivity contribution in [2.75, 3.05) is 11.1 Å². The van der Waals surface area contributed by atoms with Gasteiger partial charge in [0.05, 0.1) is 16.0 Å². The predicted octanol–water partition coefficient (Wildman–Crippen LogP) is 3.98. The summed E-state index contributed by atoms with van der Waals surface area (Å²) < 4.78 is 6.77. The molecule has 0 unspecified atom stereocenters. The number of aryl methyl sites for hydroxylation is 1. The molecule has 3 aromatic rings. The topological polar surface area (TPSA) is 68.0 Å². The normalized spacial score (nSPS) is 11.0. The third-order valence-electron chi connectivity index (χ3n) is 2.55. The fraction of sp³-hybridized carbons (Fsp3) is 0.154. The summed E-state index contributed by atoms with van der Waals surface area (Å²) in [6, 6.07) is 7.24. The molecule has 0 fully saturated rings. The van der Waals surface area contributed by atoms with Crippen LogP contribution in [0.25, 0.3) is 10.2 Å². The minimum Gasteiger partial charge on any atom is -0.360 e. The van der Waals surface area contributed by atoms with Gasteiger partial charge < -0.3 is 9.84 Å². The van der Waals surface area contributed by atoms with Crippen molar-refractivity contribution in [2.45, 2.75) is 11.3 Å². The first kappa shape index (κ1) is 14.4. The van der Waals surface area contributed by atoms with Gasteiger partial charge in [-0.25, -0.2) is 4.98 Å². The van der Waals surface area contributed by atoms with Crippen molar-refractivity contribution in [2.24, 2.45) is 0 Å². The van der Waals surface area contributed by atoms with E-state index in [0.717, 1.165) is 14.6 Å². The van der Waals surface area contributed by atoms with Gasteiger partial charge in [-0.3, -0.25) is 4.79 Å². The predicted molar refractivity (Wildman–Crippen MR) is 85.2 cm³/mol. The summed E-state index contributed by atoms with van der Waals surface area (Å²) in [6.45, 7) is 1.77. The number of hydrogen-bond acceptors (Lipinski definition) is 6. The summed E-state index contributed by atoms with van der Waals surface area (Å²) in [5.41, 5.74) is 0.850. The molecule has 0 radical (unpaired) electrons. The standard InChI is InChI=1S/C13H10ClN3O2S2/c1-7-4-11(17-19-7)16-12(18)6-20-13-15-9-5-8(14)2-3-10(9)21-13/h2-5H,6H2,1H3,(H,16,17,18). The number of hydrogen-bond donors (Lipinski definition) is 1. The van der Waals surface area contributed by atoms with Gasteiger partial charge in [0.1, 0.15) is 5.76 Å². The molecule has 0 aliphatic carbocycles. The molecule has 0 saturated heterocycles. The summed E-state index contributed by atoms with van der Waals surface area (Å²) in [6.07, 6.45) is 0. The molecule has 5 nitrogen and oxygen atoms in total. The average Bonchev–Trinajstić information content (AvgIpc) is 3.02. The summed E-state index contributed by atoms with van der Waals surface area (Å²) in [5.74, 6) is 1.19. The molecule has 2 heterocycles. The van der Waals surface area contributed by atoms with Crippen molar-refractivity contribution in [3.05, 3.63) is 35.0 Å². The molecule has 0 aliphatic heterocycles. The second-order valence-electron chi connectivity index (χ2n) is 4.25. The number of carbonyl (C=O) groups excluding carboxylic acids is 1. The van der Waals surface area contributed by atoms with Gasteiger partial charge in [0.2, 0.25) is 5.91 Å². The smallest absolute Gasteiger partial charge is 0.236 e. The van der Waals surface area contributed by atoms with Crippen LogP contribution in [0.1, 0.15) is 5.76 Å². The molecule has 1 amide bonds. The van der Waals surface area contributed by atoms with Gasteiger partial charge in [-0.2, -0.15) is 0 Å². The minimum absolute atomic E-state index is 0.148. The Balaban J connectivity index is 1.61. The van der Waals surface area contributed by atoms with E-state index < -0.39 is 0 Å². The van der Waals surface area contributed by atoms with Gasteiger partial charge in [0, 0.05) is 11.1 Å². The SMILES string of the molecule is Cc1cc(NC(=O)CSc2nc3cc(Cl)ccc3s2)no1. The number of thioether (sulfide) groups is 1. The lowest BCUT2D eigenvalue weighted by Gasteiger charge is -1.98. The maximum Gasteiger partial charge on any atom is 0.236 e. The Morgan fingerprint density at radius 2 is 2.33 bits per heavy atom. The second-order valence-corrected chi connectivity index (χ2v) is 6.94. The lowest BCUT2D eigenvalue weighted by Crippen LogP contribution is -2.14. The van der Waals surface area contributed by atoms with Gasteiger partial charge in [-0.05, 0) is 25.1 Å². The summed E-state index contributed by atoms with van der Waals surface area (Å²) in [5, 5.41) is 7.03. The van der Waals surface area contributed by atoms with Crippen LogP contribution in [0.4, 0.5) is 5.82 Å². The molecule has 0 bridgehead atoms. The maximum atomic E-state index is 11.8. The highest BCUT2D eigenvalue weighted by molar-refractivity contribution is 8.01. The number of benzene rings is 1. The molecule has 0 aliphatic rings. The number of amides is 1. The molecule has 21 heavy (non-hydrogen) atoms. The van der Waals surface area contributed by atoms with E-state index in [4.69, 9.17) is 16.1 Å². The minimum atomic E-state index is -0.148. The first-order valence-corrected chi connectivity index (χ1v) is 8.20. The first-order valence-electron chi connectivity index (χ1n) is 6.02. The van der Waals surface area contributed by atoms with Gasteiger partial charge >= 0.3 is 0 Å². The Labute approximate surface area is 133 Å². The average molecular weight is 340 g/mol. The molecule has 108 valence electrons. The molecule has 8 heteroatoms. The van der Waals surface area contributed by atoms with Crippen molar-refractivity contribution in [1.82, 2.24) is 10.1 Å². The van der Waals surface area contributed by atoms with E-state index in [1.165, 1.54) is 23.1 Å². The summed E-state index contributed by atoms with van der Waals surface area (Å²) >= 11 is 8.84. The molecule has 1 N–H and O–H groups in total. The highest BCUT2D eigenvalue weighted by atomic mass is 35.5. The van der Waals surface area contributed by atoms with E-state index in [1.54, 1.807) is 13.0 Å². The van der Waals surface area contributed by atoms with Gasteiger partial charge in [-0.15, -0.1) is 11.3 Å². The fourth-order valence-corrected chi connectivity index (χ4v) is 3.69. The van der Waals surface area contributed by atoms with Crippen LogP contribution < -0.4 is 5.32 Å². The zero-order chi connectivity index (χ0) is 14.8. The van der Waals surface area contributed by atoms with E-state index >= 15 is 0 Å². The van der Waals surface area contributed by atoms with E-state index in [1.807, 2.05) is 18.2 Å². The van der Waals surface area contributed by atoms with Crippen molar-refractivity contribution in [3.63, 3.8) is 0 Å². The Hall–Kier alpha value is -1.57. The van der Waals surface area contributed by atoms with Crippen molar-refractivity contribution in [3.8, 4) is 0 Å². The largest absolute Gasteiger partial charge is 0.360 e. The van der Waals surface area contributed by atoms with E-state index in [-0.39, 0.29) is 11.7 Å². The van der Waals surface area contributed by atoms with Gasteiger partial charge in [0.15, 0.2) is 10.2 Å². The Bertz CT molecular complexity index is 800. The van der Waals surface area contributed by atoms with Crippen LogP contribution in [0.2, 0.25) is 5.02 Å². The molecule has 2 aromatic heterocycles. The molecular weight excluding hydrogens is 330 g/mol. The lowest BCUT2D eigenvalue weighted by atomic mass is 10.3. The molecular formula is C13H10ClN3O2S2. The van der Waals surface area contributed by atoms with Crippen LogP contribution in [0.5, 0.6) is 0 Å². The number of nitrogens with one attached hydrogen (secondary N) is 1. The number of carbonyl (C=O) groups is 1. The number of anilines is 1.